The third-order valence-corrected chi connectivity index (χ3v) is 3.37. The van der Waals surface area contributed by atoms with E-state index >= 15 is 0 Å². The van der Waals surface area contributed by atoms with Gasteiger partial charge in [0, 0.05) is 24.7 Å². The Balaban J connectivity index is 0.000000829. The Bertz CT molecular complexity index is 368. The molecule has 116 valence electrons. The fourth-order valence-electron chi connectivity index (χ4n) is 2.03. The average Bonchev–Trinajstić information content (AvgIpc) is 2.47. The van der Waals surface area contributed by atoms with Gasteiger partial charge in [-0.3, -0.25) is 4.90 Å². The lowest BCUT2D eigenvalue weighted by atomic mass is 10.1. The molecule has 1 unspecified atom stereocenters. The summed E-state index contributed by atoms with van der Waals surface area (Å²) in [5.41, 5.74) is 2.42. The van der Waals surface area contributed by atoms with E-state index in [4.69, 9.17) is 16.3 Å². The van der Waals surface area contributed by atoms with E-state index in [1.165, 1.54) is 5.56 Å². The molecule has 0 radical (unpaired) electrons. The zero-order valence-electron chi connectivity index (χ0n) is 13.9. The smallest absolute Gasteiger partial charge is 0.0674 e. The van der Waals surface area contributed by atoms with Crippen LogP contribution >= 0.6 is 11.6 Å². The molecule has 0 aromatic heterocycles. The van der Waals surface area contributed by atoms with Crippen LogP contribution in [0.3, 0.4) is 0 Å². The summed E-state index contributed by atoms with van der Waals surface area (Å²) in [6, 6.07) is 6.31. The molecule has 1 heterocycles. The average molecular weight is 300 g/mol. The summed E-state index contributed by atoms with van der Waals surface area (Å²) >= 11 is 6.12. The lowest BCUT2D eigenvalue weighted by Gasteiger charge is -2.31. The lowest BCUT2D eigenvalue weighted by molar-refractivity contribution is -0.0212. The molecule has 1 aliphatic heterocycles. The molecule has 3 heteroatoms. The molecule has 2 rings (SSSR count). The Morgan fingerprint density at radius 2 is 1.90 bits per heavy atom. The van der Waals surface area contributed by atoms with Crippen molar-refractivity contribution in [3.8, 4) is 0 Å². The molecule has 1 saturated heterocycles. The molecule has 0 aliphatic carbocycles. The third-order valence-electron chi connectivity index (χ3n) is 2.97. The largest absolute Gasteiger partial charge is 0.376 e. The number of hydrogen-bond donors (Lipinski definition) is 0. The van der Waals surface area contributed by atoms with Crippen molar-refractivity contribution in [1.82, 2.24) is 4.90 Å². The second kappa shape index (κ2) is 11.1. The van der Waals surface area contributed by atoms with Gasteiger partial charge in [0.15, 0.2) is 0 Å². The minimum Gasteiger partial charge on any atom is -0.376 e. The van der Waals surface area contributed by atoms with Crippen molar-refractivity contribution in [3.05, 3.63) is 34.3 Å². The molecular weight excluding hydrogens is 270 g/mol. The highest BCUT2D eigenvalue weighted by Crippen LogP contribution is 2.18. The van der Waals surface area contributed by atoms with Crippen molar-refractivity contribution in [2.24, 2.45) is 0 Å². The van der Waals surface area contributed by atoms with E-state index < -0.39 is 0 Å². The van der Waals surface area contributed by atoms with Crippen LogP contribution in [0.4, 0.5) is 0 Å². The maximum absolute atomic E-state index is 6.12. The predicted molar refractivity (Wildman–Crippen MR) is 89.6 cm³/mol. The number of aryl methyl sites for hydroxylation is 1. The van der Waals surface area contributed by atoms with E-state index in [-0.39, 0.29) is 0 Å². The van der Waals surface area contributed by atoms with Crippen molar-refractivity contribution in [3.63, 3.8) is 0 Å². The molecule has 20 heavy (non-hydrogen) atoms. The Labute approximate surface area is 130 Å². The van der Waals surface area contributed by atoms with Gasteiger partial charge in [-0.05, 0) is 31.0 Å². The van der Waals surface area contributed by atoms with E-state index in [1.807, 2.05) is 34.6 Å². The molecular formula is C17H30ClNO. The quantitative estimate of drug-likeness (QED) is 0.768. The lowest BCUT2D eigenvalue weighted by Crippen LogP contribution is -2.40. The highest BCUT2D eigenvalue weighted by Gasteiger charge is 2.16. The van der Waals surface area contributed by atoms with Gasteiger partial charge in [0.05, 0.1) is 12.7 Å². The van der Waals surface area contributed by atoms with Crippen LogP contribution < -0.4 is 0 Å². The van der Waals surface area contributed by atoms with Gasteiger partial charge in [0.25, 0.3) is 0 Å². The maximum Gasteiger partial charge on any atom is 0.0674 e. The molecule has 2 nitrogen and oxygen atoms in total. The first kappa shape index (κ1) is 19.4. The summed E-state index contributed by atoms with van der Waals surface area (Å²) in [6.07, 6.45) is 0.342. The van der Waals surface area contributed by atoms with Crippen LogP contribution in [-0.2, 0) is 11.3 Å². The minimum atomic E-state index is 0.342. The van der Waals surface area contributed by atoms with Crippen LogP contribution in [0.5, 0.6) is 0 Å². The second-order valence-corrected chi connectivity index (χ2v) is 4.91. The van der Waals surface area contributed by atoms with Gasteiger partial charge in [-0.15, -0.1) is 0 Å². The molecule has 0 spiro atoms. The van der Waals surface area contributed by atoms with Crippen LogP contribution in [0.1, 0.15) is 45.7 Å². The van der Waals surface area contributed by atoms with Gasteiger partial charge >= 0.3 is 0 Å². The molecule has 0 saturated carbocycles. The molecule has 0 amide bonds. The number of rotatable bonds is 2. The standard InChI is InChI=1S/C13H18ClNO.2C2H6/c1-10-3-4-12(7-13(10)14)9-15-5-6-16-11(2)8-15;2*1-2/h3-4,7,11H,5-6,8-9H2,1-2H3;2*1-2H3. The molecule has 1 aromatic carbocycles. The van der Waals surface area contributed by atoms with Gasteiger partial charge < -0.3 is 4.74 Å². The molecule has 1 atom stereocenters. The van der Waals surface area contributed by atoms with E-state index in [9.17, 15) is 0 Å². The molecule has 1 fully saturated rings. The van der Waals surface area contributed by atoms with E-state index in [2.05, 4.69) is 30.0 Å². The van der Waals surface area contributed by atoms with Gasteiger partial charge in [0.1, 0.15) is 0 Å². The highest BCUT2D eigenvalue weighted by atomic mass is 35.5. The number of benzene rings is 1. The first-order chi connectivity index (χ1) is 9.65. The normalized spacial score (nSPS) is 18.4. The summed E-state index contributed by atoms with van der Waals surface area (Å²) < 4.78 is 5.52. The van der Waals surface area contributed by atoms with Crippen molar-refractivity contribution < 1.29 is 4.74 Å². The molecule has 1 aliphatic rings. The number of ether oxygens (including phenoxy) is 1. The van der Waals surface area contributed by atoms with E-state index in [0.717, 1.165) is 36.8 Å². The summed E-state index contributed by atoms with van der Waals surface area (Å²) in [5, 5.41) is 0.860. The van der Waals surface area contributed by atoms with Crippen LogP contribution in [0.15, 0.2) is 18.2 Å². The number of hydrogen-bond acceptors (Lipinski definition) is 2. The fraction of sp³-hybridized carbons (Fsp3) is 0.647. The predicted octanol–water partition coefficient (Wildman–Crippen LogP) is 4.92. The van der Waals surface area contributed by atoms with E-state index in [1.54, 1.807) is 0 Å². The summed E-state index contributed by atoms with van der Waals surface area (Å²) in [6.45, 7) is 16.0. The summed E-state index contributed by atoms with van der Waals surface area (Å²) in [7, 11) is 0. The van der Waals surface area contributed by atoms with Gasteiger partial charge in [-0.2, -0.15) is 0 Å². The summed E-state index contributed by atoms with van der Waals surface area (Å²) in [5.74, 6) is 0. The molecule has 1 aromatic rings. The highest BCUT2D eigenvalue weighted by molar-refractivity contribution is 6.31. The Hall–Kier alpha value is -0.570. The SMILES string of the molecule is CC.CC.Cc1ccc(CN2CCOC(C)C2)cc1Cl. The van der Waals surface area contributed by atoms with E-state index in [0.29, 0.717) is 6.10 Å². The fourth-order valence-corrected chi connectivity index (χ4v) is 2.23. The second-order valence-electron chi connectivity index (χ2n) is 4.50. The van der Waals surface area contributed by atoms with Crippen molar-refractivity contribution in [2.75, 3.05) is 19.7 Å². The Morgan fingerprint density at radius 3 is 2.45 bits per heavy atom. The zero-order chi connectivity index (χ0) is 15.5. The molecule has 0 N–H and O–H groups in total. The Morgan fingerprint density at radius 1 is 1.25 bits per heavy atom. The summed E-state index contributed by atoms with van der Waals surface area (Å²) in [4.78, 5) is 2.41. The van der Waals surface area contributed by atoms with Gasteiger partial charge in [-0.1, -0.05) is 51.4 Å². The van der Waals surface area contributed by atoms with Crippen LogP contribution in [0.2, 0.25) is 5.02 Å². The third kappa shape index (κ3) is 6.74. The van der Waals surface area contributed by atoms with Crippen LogP contribution in [0, 0.1) is 6.92 Å². The Kier molecular flexibility index (Phi) is 10.8. The minimum absolute atomic E-state index is 0.342. The maximum atomic E-state index is 6.12. The first-order valence-electron chi connectivity index (χ1n) is 7.74. The van der Waals surface area contributed by atoms with Gasteiger partial charge in [-0.25, -0.2) is 0 Å². The number of morpholine rings is 1. The van der Waals surface area contributed by atoms with Crippen molar-refractivity contribution in [2.45, 2.75) is 54.2 Å². The zero-order valence-corrected chi connectivity index (χ0v) is 14.6. The van der Waals surface area contributed by atoms with Crippen molar-refractivity contribution in [1.29, 1.82) is 0 Å². The first-order valence-corrected chi connectivity index (χ1v) is 8.12. The van der Waals surface area contributed by atoms with Crippen LogP contribution in [-0.4, -0.2) is 30.7 Å². The number of halogens is 1. The monoisotopic (exact) mass is 299 g/mol. The van der Waals surface area contributed by atoms with Crippen molar-refractivity contribution >= 4 is 11.6 Å². The number of nitrogens with zero attached hydrogens (tertiary/aromatic N) is 1. The molecule has 0 bridgehead atoms. The topological polar surface area (TPSA) is 12.5 Å². The van der Waals surface area contributed by atoms with Gasteiger partial charge in [0.2, 0.25) is 0 Å². The van der Waals surface area contributed by atoms with Crippen LogP contribution in [0.25, 0.3) is 0 Å².